The van der Waals surface area contributed by atoms with E-state index in [9.17, 15) is 5.11 Å². The van der Waals surface area contributed by atoms with Crippen LogP contribution in [0.25, 0.3) is 0 Å². The second-order valence-electron chi connectivity index (χ2n) is 2.75. The summed E-state index contributed by atoms with van der Waals surface area (Å²) in [4.78, 5) is 0. The SMILES string of the molecule is OCC1(O)C[C@@H](O)[C@H](O)CO1. The summed E-state index contributed by atoms with van der Waals surface area (Å²) in [5, 5.41) is 35.8. The molecule has 5 nitrogen and oxygen atoms in total. The summed E-state index contributed by atoms with van der Waals surface area (Å²) in [5.74, 6) is -1.68. The van der Waals surface area contributed by atoms with Crippen LogP contribution in [0.5, 0.6) is 0 Å². The number of ether oxygens (including phenoxy) is 1. The Morgan fingerprint density at radius 1 is 1.36 bits per heavy atom. The third kappa shape index (κ3) is 1.88. The summed E-state index contributed by atoms with van der Waals surface area (Å²) in [5.41, 5.74) is 0. The first kappa shape index (κ1) is 8.89. The summed E-state index contributed by atoms with van der Waals surface area (Å²) >= 11 is 0. The number of hydrogen-bond acceptors (Lipinski definition) is 5. The molecule has 1 saturated heterocycles. The first-order valence-corrected chi connectivity index (χ1v) is 3.41. The molecule has 11 heavy (non-hydrogen) atoms. The molecule has 1 fully saturated rings. The minimum absolute atomic E-state index is 0.155. The van der Waals surface area contributed by atoms with Gasteiger partial charge in [0, 0.05) is 6.42 Å². The van der Waals surface area contributed by atoms with E-state index in [2.05, 4.69) is 0 Å². The minimum atomic E-state index is -1.68. The molecule has 1 rings (SSSR count). The fourth-order valence-electron chi connectivity index (χ4n) is 0.984. The van der Waals surface area contributed by atoms with Gasteiger partial charge in [-0.3, -0.25) is 0 Å². The summed E-state index contributed by atoms with van der Waals surface area (Å²) in [6.07, 6.45) is -2.16. The highest BCUT2D eigenvalue weighted by Gasteiger charge is 2.38. The molecular weight excluding hydrogens is 152 g/mol. The van der Waals surface area contributed by atoms with Crippen LogP contribution < -0.4 is 0 Å². The molecule has 1 heterocycles. The molecule has 0 saturated carbocycles. The largest absolute Gasteiger partial charge is 0.391 e. The highest BCUT2D eigenvalue weighted by Crippen LogP contribution is 2.21. The molecular formula is C6H12O5. The first-order valence-electron chi connectivity index (χ1n) is 3.41. The van der Waals surface area contributed by atoms with Crippen LogP contribution >= 0.6 is 0 Å². The van der Waals surface area contributed by atoms with Gasteiger partial charge in [-0.25, -0.2) is 0 Å². The summed E-state index contributed by atoms with van der Waals surface area (Å²) in [6, 6.07) is 0. The van der Waals surface area contributed by atoms with E-state index in [4.69, 9.17) is 20.1 Å². The molecule has 0 aromatic heterocycles. The van der Waals surface area contributed by atoms with Crippen LogP contribution in [0.3, 0.4) is 0 Å². The van der Waals surface area contributed by atoms with Crippen LogP contribution in [0.2, 0.25) is 0 Å². The van der Waals surface area contributed by atoms with E-state index in [1.54, 1.807) is 0 Å². The van der Waals surface area contributed by atoms with Crippen molar-refractivity contribution in [2.45, 2.75) is 24.4 Å². The van der Waals surface area contributed by atoms with Gasteiger partial charge in [0.25, 0.3) is 0 Å². The lowest BCUT2D eigenvalue weighted by Crippen LogP contribution is -2.51. The molecule has 66 valence electrons. The Morgan fingerprint density at radius 2 is 2.00 bits per heavy atom. The van der Waals surface area contributed by atoms with Gasteiger partial charge in [0.1, 0.15) is 6.10 Å². The van der Waals surface area contributed by atoms with E-state index in [1.165, 1.54) is 0 Å². The van der Waals surface area contributed by atoms with E-state index < -0.39 is 24.6 Å². The molecule has 1 aliphatic heterocycles. The molecule has 0 spiro atoms. The van der Waals surface area contributed by atoms with Gasteiger partial charge in [0.15, 0.2) is 5.79 Å². The van der Waals surface area contributed by atoms with Gasteiger partial charge in [-0.05, 0) is 0 Å². The molecule has 0 aromatic rings. The van der Waals surface area contributed by atoms with Gasteiger partial charge < -0.3 is 25.2 Å². The molecule has 5 heteroatoms. The van der Waals surface area contributed by atoms with Gasteiger partial charge in [-0.15, -0.1) is 0 Å². The van der Waals surface area contributed by atoms with Crippen molar-refractivity contribution in [1.29, 1.82) is 0 Å². The second kappa shape index (κ2) is 3.04. The number of aliphatic hydroxyl groups excluding tert-OH is 3. The highest BCUT2D eigenvalue weighted by atomic mass is 16.6. The van der Waals surface area contributed by atoms with Crippen molar-refractivity contribution in [3.05, 3.63) is 0 Å². The Balaban J connectivity index is 2.51. The van der Waals surface area contributed by atoms with E-state index in [-0.39, 0.29) is 13.0 Å². The molecule has 1 unspecified atom stereocenters. The average Bonchev–Trinajstić information content (AvgIpc) is 1.98. The minimum Gasteiger partial charge on any atom is -0.391 e. The van der Waals surface area contributed by atoms with Crippen molar-refractivity contribution in [1.82, 2.24) is 0 Å². The molecule has 0 radical (unpaired) electrons. The third-order valence-corrected chi connectivity index (χ3v) is 1.74. The van der Waals surface area contributed by atoms with E-state index in [0.29, 0.717) is 0 Å². The number of hydrogen-bond donors (Lipinski definition) is 4. The van der Waals surface area contributed by atoms with Crippen molar-refractivity contribution in [2.75, 3.05) is 13.2 Å². The predicted molar refractivity (Wildman–Crippen MR) is 34.6 cm³/mol. The monoisotopic (exact) mass is 164 g/mol. The quantitative estimate of drug-likeness (QED) is 0.353. The summed E-state index contributed by atoms with van der Waals surface area (Å²) in [7, 11) is 0. The standard InChI is InChI=1S/C6H12O5/c7-3-6(10)1-4(8)5(9)2-11-6/h4-5,7-10H,1-3H2/t4-,5-,6?/m1/s1. The van der Waals surface area contributed by atoms with Gasteiger partial charge >= 0.3 is 0 Å². The van der Waals surface area contributed by atoms with E-state index in [0.717, 1.165) is 0 Å². The average molecular weight is 164 g/mol. The van der Waals surface area contributed by atoms with Gasteiger partial charge in [-0.2, -0.15) is 0 Å². The molecule has 0 bridgehead atoms. The van der Waals surface area contributed by atoms with Crippen LogP contribution in [-0.2, 0) is 4.74 Å². The molecule has 0 aliphatic carbocycles. The third-order valence-electron chi connectivity index (χ3n) is 1.74. The lowest BCUT2D eigenvalue weighted by atomic mass is 10.0. The number of aliphatic hydroxyl groups is 4. The Hall–Kier alpha value is -0.200. The lowest BCUT2D eigenvalue weighted by molar-refractivity contribution is -0.282. The number of rotatable bonds is 1. The van der Waals surface area contributed by atoms with Crippen molar-refractivity contribution >= 4 is 0 Å². The van der Waals surface area contributed by atoms with Crippen LogP contribution in [-0.4, -0.2) is 51.6 Å². The van der Waals surface area contributed by atoms with Crippen molar-refractivity contribution in [3.8, 4) is 0 Å². The van der Waals surface area contributed by atoms with Crippen LogP contribution in [0.4, 0.5) is 0 Å². The predicted octanol–water partition coefficient (Wildman–Crippen LogP) is -2.19. The molecule has 0 amide bonds. The van der Waals surface area contributed by atoms with Crippen LogP contribution in [0.1, 0.15) is 6.42 Å². The second-order valence-corrected chi connectivity index (χ2v) is 2.75. The Bertz CT molecular complexity index is 139. The topological polar surface area (TPSA) is 90.2 Å². The van der Waals surface area contributed by atoms with Gasteiger partial charge in [-0.1, -0.05) is 0 Å². The maximum absolute atomic E-state index is 9.22. The molecule has 1 aliphatic rings. The Morgan fingerprint density at radius 3 is 2.45 bits per heavy atom. The normalized spacial score (nSPS) is 45.8. The highest BCUT2D eigenvalue weighted by molar-refractivity contribution is 4.81. The first-order chi connectivity index (χ1) is 5.07. The van der Waals surface area contributed by atoms with Gasteiger partial charge in [0.05, 0.1) is 19.3 Å². The molecule has 0 aromatic carbocycles. The lowest BCUT2D eigenvalue weighted by Gasteiger charge is -2.35. The fraction of sp³-hybridized carbons (Fsp3) is 1.00. The molecule has 3 atom stereocenters. The fourth-order valence-corrected chi connectivity index (χ4v) is 0.984. The zero-order valence-corrected chi connectivity index (χ0v) is 5.97. The summed E-state index contributed by atoms with van der Waals surface area (Å²) < 4.78 is 4.69. The Labute approximate surface area is 63.8 Å². The van der Waals surface area contributed by atoms with Crippen LogP contribution in [0, 0.1) is 0 Å². The maximum atomic E-state index is 9.22. The summed E-state index contributed by atoms with van der Waals surface area (Å²) in [6.45, 7) is -0.727. The zero-order valence-electron chi connectivity index (χ0n) is 5.97. The van der Waals surface area contributed by atoms with Gasteiger partial charge in [0.2, 0.25) is 0 Å². The smallest absolute Gasteiger partial charge is 0.191 e. The van der Waals surface area contributed by atoms with E-state index >= 15 is 0 Å². The van der Waals surface area contributed by atoms with E-state index in [1.807, 2.05) is 0 Å². The van der Waals surface area contributed by atoms with Crippen molar-refractivity contribution in [3.63, 3.8) is 0 Å². The maximum Gasteiger partial charge on any atom is 0.191 e. The molecule has 4 N–H and O–H groups in total. The van der Waals surface area contributed by atoms with Crippen molar-refractivity contribution < 1.29 is 25.2 Å². The zero-order chi connectivity index (χ0) is 8.48. The Kier molecular flexibility index (Phi) is 2.46. The van der Waals surface area contributed by atoms with Crippen molar-refractivity contribution in [2.24, 2.45) is 0 Å². The van der Waals surface area contributed by atoms with Crippen LogP contribution in [0.15, 0.2) is 0 Å².